The molecule has 0 aliphatic carbocycles. The highest BCUT2D eigenvalue weighted by Gasteiger charge is 2.51. The van der Waals surface area contributed by atoms with E-state index >= 15 is 0 Å². The number of cyclic esters (lactones) is 1. The predicted molar refractivity (Wildman–Crippen MR) is 127 cm³/mol. The van der Waals surface area contributed by atoms with E-state index in [4.69, 9.17) is 4.74 Å². The van der Waals surface area contributed by atoms with Crippen LogP contribution in [0, 0.1) is 11.6 Å². The highest BCUT2D eigenvalue weighted by atomic mass is 19.2. The molecule has 2 aliphatic heterocycles. The van der Waals surface area contributed by atoms with Gasteiger partial charge in [0, 0.05) is 30.4 Å². The van der Waals surface area contributed by atoms with Crippen LogP contribution in [0.4, 0.5) is 18.4 Å². The molecule has 0 spiro atoms. The summed E-state index contributed by atoms with van der Waals surface area (Å²) in [7, 11) is 0. The Bertz CT molecular complexity index is 1060. The van der Waals surface area contributed by atoms with Crippen molar-refractivity contribution in [1.82, 2.24) is 20.1 Å². The second-order valence-electron chi connectivity index (χ2n) is 9.85. The molecule has 1 aromatic carbocycles. The maximum absolute atomic E-state index is 13.9. The number of hydrogen-bond donors (Lipinski definition) is 1. The van der Waals surface area contributed by atoms with Crippen LogP contribution in [0.25, 0.3) is 0 Å². The summed E-state index contributed by atoms with van der Waals surface area (Å²) in [6.45, 7) is 7.70. The molecule has 2 saturated heterocycles. The summed E-state index contributed by atoms with van der Waals surface area (Å²) in [6.07, 6.45) is 3.81. The number of piperidine rings is 1. The van der Waals surface area contributed by atoms with Gasteiger partial charge in [-0.2, -0.15) is 0 Å². The minimum absolute atomic E-state index is 0.254. The molecule has 2 fully saturated rings. The molecular weight excluding hydrogens is 454 g/mol. The number of amides is 3. The molecule has 2 aromatic rings. The molecule has 35 heavy (non-hydrogen) atoms. The highest BCUT2D eigenvalue weighted by Crippen LogP contribution is 2.41. The van der Waals surface area contributed by atoms with Gasteiger partial charge in [-0.05, 0) is 83.0 Å². The Morgan fingerprint density at radius 2 is 1.94 bits per heavy atom. The largest absolute Gasteiger partial charge is 0.440 e. The van der Waals surface area contributed by atoms with Crippen LogP contribution in [-0.4, -0.2) is 58.2 Å². The smallest absolute Gasteiger partial charge is 0.419 e. The third-order valence-electron chi connectivity index (χ3n) is 7.04. The monoisotopic (exact) mass is 486 g/mol. The van der Waals surface area contributed by atoms with Crippen molar-refractivity contribution in [3.05, 3.63) is 65.5 Å². The lowest BCUT2D eigenvalue weighted by Crippen LogP contribution is -2.46. The van der Waals surface area contributed by atoms with E-state index in [1.54, 1.807) is 13.8 Å². The Hall–Kier alpha value is -3.07. The second-order valence-corrected chi connectivity index (χ2v) is 9.85. The van der Waals surface area contributed by atoms with Crippen molar-refractivity contribution in [1.29, 1.82) is 0 Å². The number of carbonyl (C=O) groups excluding carboxylic acids is 2. The summed E-state index contributed by atoms with van der Waals surface area (Å²) in [5, 5.41) is 2.80. The summed E-state index contributed by atoms with van der Waals surface area (Å²) < 4.78 is 32.7. The normalized spacial score (nSPS) is 21.6. The van der Waals surface area contributed by atoms with Crippen LogP contribution in [0.5, 0.6) is 0 Å². The van der Waals surface area contributed by atoms with Crippen molar-refractivity contribution < 1.29 is 23.1 Å². The van der Waals surface area contributed by atoms with Gasteiger partial charge in [0.1, 0.15) is 11.6 Å². The van der Waals surface area contributed by atoms with Crippen molar-refractivity contribution in [2.45, 2.75) is 63.6 Å². The highest BCUT2D eigenvalue weighted by molar-refractivity contribution is 5.93. The van der Waals surface area contributed by atoms with Crippen LogP contribution < -0.4 is 5.32 Å². The summed E-state index contributed by atoms with van der Waals surface area (Å²) in [4.78, 5) is 33.3. The first kappa shape index (κ1) is 25.0. The van der Waals surface area contributed by atoms with E-state index in [1.807, 2.05) is 18.3 Å². The summed E-state index contributed by atoms with van der Waals surface area (Å²) >= 11 is 0. The topological polar surface area (TPSA) is 74.8 Å². The van der Waals surface area contributed by atoms with Crippen LogP contribution in [0.1, 0.15) is 63.3 Å². The molecule has 0 radical (unpaired) electrons. The number of nitrogens with one attached hydrogen (secondary N) is 1. The molecule has 0 saturated carbocycles. The molecule has 3 amide bonds. The fraction of sp³-hybridized carbons (Fsp3) is 0.500. The lowest BCUT2D eigenvalue weighted by Gasteiger charge is -2.36. The number of hydrogen-bond acceptors (Lipinski definition) is 5. The Labute approximate surface area is 204 Å². The first-order chi connectivity index (χ1) is 16.7. The number of ether oxygens (including phenoxy) is 1. The molecule has 4 rings (SSSR count). The molecule has 0 bridgehead atoms. The Morgan fingerprint density at radius 3 is 2.60 bits per heavy atom. The SMILES string of the molecule is CC(CCNC(=O)N1C(=O)OC(C)(C)C1c1ccc(F)c(F)c1)N1CCC(c2ccccn2)CC1. The Kier molecular flexibility index (Phi) is 7.35. The van der Waals surface area contributed by atoms with Crippen LogP contribution >= 0.6 is 0 Å². The van der Waals surface area contributed by atoms with Crippen molar-refractivity contribution in [3.63, 3.8) is 0 Å². The molecule has 3 heterocycles. The van der Waals surface area contributed by atoms with E-state index < -0.39 is 35.4 Å². The number of carbonyl (C=O) groups is 2. The fourth-order valence-corrected chi connectivity index (χ4v) is 5.09. The summed E-state index contributed by atoms with van der Waals surface area (Å²) in [6, 6.07) is 8.14. The third kappa shape index (κ3) is 5.45. The molecule has 7 nitrogen and oxygen atoms in total. The molecule has 2 aliphatic rings. The molecule has 2 atom stereocenters. The lowest BCUT2D eigenvalue weighted by atomic mass is 9.91. The minimum atomic E-state index is -1.09. The van der Waals surface area contributed by atoms with Gasteiger partial charge in [0.25, 0.3) is 0 Å². The van der Waals surface area contributed by atoms with Crippen molar-refractivity contribution in [2.75, 3.05) is 19.6 Å². The number of urea groups is 1. The van der Waals surface area contributed by atoms with E-state index in [9.17, 15) is 18.4 Å². The number of pyridine rings is 1. The van der Waals surface area contributed by atoms with E-state index in [0.29, 0.717) is 24.4 Å². The van der Waals surface area contributed by atoms with Gasteiger partial charge in [0.05, 0.1) is 0 Å². The molecule has 188 valence electrons. The summed E-state index contributed by atoms with van der Waals surface area (Å²) in [5.41, 5.74) is 0.339. The quantitative estimate of drug-likeness (QED) is 0.622. The second kappa shape index (κ2) is 10.3. The van der Waals surface area contributed by atoms with Crippen molar-refractivity contribution >= 4 is 12.1 Å². The van der Waals surface area contributed by atoms with Gasteiger partial charge in [-0.25, -0.2) is 23.3 Å². The molecular formula is C26H32F2N4O3. The predicted octanol–water partition coefficient (Wildman–Crippen LogP) is 5.00. The number of rotatable bonds is 6. The van der Waals surface area contributed by atoms with Crippen molar-refractivity contribution in [3.8, 4) is 0 Å². The van der Waals surface area contributed by atoms with Crippen LogP contribution in [0.15, 0.2) is 42.6 Å². The van der Waals surface area contributed by atoms with Gasteiger partial charge >= 0.3 is 12.1 Å². The van der Waals surface area contributed by atoms with Gasteiger partial charge < -0.3 is 15.0 Å². The van der Waals surface area contributed by atoms with Crippen LogP contribution in [-0.2, 0) is 4.74 Å². The number of benzene rings is 1. The van der Waals surface area contributed by atoms with Gasteiger partial charge in [-0.1, -0.05) is 12.1 Å². The first-order valence-electron chi connectivity index (χ1n) is 12.1. The number of likely N-dealkylation sites (tertiary alicyclic amines) is 1. The molecule has 1 N–H and O–H groups in total. The zero-order valence-corrected chi connectivity index (χ0v) is 20.3. The average Bonchev–Trinajstić information content (AvgIpc) is 3.09. The molecule has 1 aromatic heterocycles. The first-order valence-corrected chi connectivity index (χ1v) is 12.1. The van der Waals surface area contributed by atoms with E-state index in [2.05, 4.69) is 28.2 Å². The minimum Gasteiger partial charge on any atom is -0.440 e. The zero-order chi connectivity index (χ0) is 25.2. The maximum Gasteiger partial charge on any atom is 0.419 e. The van der Waals surface area contributed by atoms with E-state index in [-0.39, 0.29) is 6.04 Å². The number of imide groups is 1. The average molecular weight is 487 g/mol. The summed E-state index contributed by atoms with van der Waals surface area (Å²) in [5.74, 6) is -1.57. The number of nitrogens with zero attached hydrogens (tertiary/aromatic N) is 3. The number of aromatic nitrogens is 1. The van der Waals surface area contributed by atoms with E-state index in [0.717, 1.165) is 48.7 Å². The van der Waals surface area contributed by atoms with Crippen molar-refractivity contribution in [2.24, 2.45) is 0 Å². The standard InChI is InChI=1S/C26H32F2N4O3/c1-17(31-14-10-18(11-15-31)22-6-4-5-12-29-22)9-13-30-24(33)32-23(26(2,3)35-25(32)34)19-7-8-20(27)21(28)16-19/h4-8,12,16-18,23H,9-11,13-15H2,1-3H3,(H,30,33). The number of halogens is 2. The lowest BCUT2D eigenvalue weighted by molar-refractivity contribution is 0.0676. The Balaban J connectivity index is 1.32. The maximum atomic E-state index is 13.9. The van der Waals surface area contributed by atoms with Gasteiger partial charge in [-0.3, -0.25) is 4.98 Å². The molecule has 2 unspecified atom stereocenters. The Morgan fingerprint density at radius 1 is 1.20 bits per heavy atom. The zero-order valence-electron chi connectivity index (χ0n) is 20.3. The van der Waals surface area contributed by atoms with Gasteiger partial charge in [-0.15, -0.1) is 0 Å². The van der Waals surface area contributed by atoms with Gasteiger partial charge in [0.2, 0.25) is 0 Å². The van der Waals surface area contributed by atoms with Crippen LogP contribution in [0.3, 0.4) is 0 Å². The van der Waals surface area contributed by atoms with Crippen LogP contribution in [0.2, 0.25) is 0 Å². The van der Waals surface area contributed by atoms with E-state index in [1.165, 1.54) is 6.07 Å². The third-order valence-corrected chi connectivity index (χ3v) is 7.04. The van der Waals surface area contributed by atoms with Gasteiger partial charge in [0.15, 0.2) is 11.6 Å². The fourth-order valence-electron chi connectivity index (χ4n) is 5.09. The molecule has 9 heteroatoms.